The van der Waals surface area contributed by atoms with Crippen molar-refractivity contribution in [2.75, 3.05) is 19.8 Å². The van der Waals surface area contributed by atoms with Gasteiger partial charge in [0.15, 0.2) is 0 Å². The summed E-state index contributed by atoms with van der Waals surface area (Å²) in [5, 5.41) is 0. The number of ether oxygens (including phenoxy) is 1. The third-order valence-corrected chi connectivity index (χ3v) is 3.12. The Hall–Kier alpha value is -0.680. The fourth-order valence-electron chi connectivity index (χ4n) is 0.978. The van der Waals surface area contributed by atoms with Gasteiger partial charge in [-0.2, -0.15) is 0 Å². The smallest absolute Gasteiger partial charge is 0.460 e. The lowest BCUT2D eigenvalue weighted by Gasteiger charge is -2.15. The quantitative estimate of drug-likeness (QED) is 0.367. The second-order valence-electron chi connectivity index (χ2n) is 3.47. The van der Waals surface area contributed by atoms with E-state index in [9.17, 15) is 9.36 Å². The Bertz CT molecular complexity index is 303. The summed E-state index contributed by atoms with van der Waals surface area (Å²) in [4.78, 5) is 11.1. The Morgan fingerprint density at radius 2 is 1.72 bits per heavy atom. The van der Waals surface area contributed by atoms with Gasteiger partial charge >= 0.3 is 13.8 Å². The number of hydrogen-bond donors (Lipinski definition) is 0. The molecule has 0 aromatic heterocycles. The number of carbonyl (C=O) groups is 1. The van der Waals surface area contributed by atoms with Crippen LogP contribution in [0, 0.1) is 0 Å². The molecule has 0 aromatic rings. The molecular weight excluding hydrogens is 259 g/mol. The van der Waals surface area contributed by atoms with Crippen LogP contribution < -0.4 is 0 Å². The third kappa shape index (κ3) is 8.42. The molecule has 0 aliphatic heterocycles. The maximum Gasteiger partial charge on any atom is 0.475 e. The predicted molar refractivity (Wildman–Crippen MR) is 67.2 cm³/mol. The Kier molecular flexibility index (Phi) is 8.93. The molecule has 0 heterocycles. The first-order valence-electron chi connectivity index (χ1n) is 5.84. The number of esters is 1. The van der Waals surface area contributed by atoms with E-state index in [0.29, 0.717) is 0 Å². The minimum absolute atomic E-state index is 0.0511. The molecule has 0 spiro atoms. The van der Waals surface area contributed by atoms with Crippen LogP contribution in [0.5, 0.6) is 0 Å². The van der Waals surface area contributed by atoms with Crippen LogP contribution in [0.4, 0.5) is 0 Å². The zero-order chi connectivity index (χ0) is 14.0. The van der Waals surface area contributed by atoms with Gasteiger partial charge < -0.3 is 4.74 Å². The van der Waals surface area contributed by atoms with E-state index in [0.717, 1.165) is 0 Å². The van der Waals surface area contributed by atoms with Crippen LogP contribution in [0.25, 0.3) is 0 Å². The van der Waals surface area contributed by atoms with Gasteiger partial charge in [-0.25, -0.2) is 9.36 Å². The van der Waals surface area contributed by atoms with Gasteiger partial charge in [0.05, 0.1) is 25.9 Å². The molecule has 0 aliphatic rings. The van der Waals surface area contributed by atoms with Crippen molar-refractivity contribution < 1.29 is 27.7 Å². The number of rotatable bonds is 9. The molecule has 0 rings (SSSR count). The molecule has 106 valence electrons. The highest BCUT2D eigenvalue weighted by atomic mass is 31.2. The summed E-state index contributed by atoms with van der Waals surface area (Å²) in [6.45, 7) is 7.26. The van der Waals surface area contributed by atoms with Crippen molar-refractivity contribution in [3.63, 3.8) is 0 Å². The van der Waals surface area contributed by atoms with Crippen molar-refractivity contribution in [1.82, 2.24) is 0 Å². The Morgan fingerprint density at radius 3 is 2.17 bits per heavy atom. The Labute approximate surface area is 108 Å². The standard InChI is InChI=1S/C11H21O6P/c1-5-14-18(13,15-6-2)16-9-7-8-11(12)17-10(3)4/h7-8,10H,5-6,9H2,1-4H3/b8-7+. The van der Waals surface area contributed by atoms with Gasteiger partial charge in [0.25, 0.3) is 0 Å². The molecular formula is C11H21O6P. The van der Waals surface area contributed by atoms with Crippen molar-refractivity contribution in [3.05, 3.63) is 12.2 Å². The van der Waals surface area contributed by atoms with Crippen LogP contribution in [-0.4, -0.2) is 31.9 Å². The van der Waals surface area contributed by atoms with Crippen molar-refractivity contribution in [1.29, 1.82) is 0 Å². The average Bonchev–Trinajstić information content (AvgIpc) is 2.24. The molecule has 0 unspecified atom stereocenters. The molecule has 6 nitrogen and oxygen atoms in total. The van der Waals surface area contributed by atoms with E-state index in [1.165, 1.54) is 12.2 Å². The summed E-state index contributed by atoms with van der Waals surface area (Å²) in [5.41, 5.74) is 0. The molecule has 0 saturated carbocycles. The van der Waals surface area contributed by atoms with Crippen molar-refractivity contribution in [3.8, 4) is 0 Å². The van der Waals surface area contributed by atoms with E-state index >= 15 is 0 Å². The SMILES string of the molecule is CCOP(=O)(OCC)OC/C=C/C(=O)OC(C)C. The predicted octanol–water partition coefficient (Wildman–Crippen LogP) is 2.69. The molecule has 0 aromatic carbocycles. The zero-order valence-corrected chi connectivity index (χ0v) is 12.1. The van der Waals surface area contributed by atoms with Gasteiger partial charge in [0.2, 0.25) is 0 Å². The molecule has 0 N–H and O–H groups in total. The molecule has 0 aliphatic carbocycles. The van der Waals surface area contributed by atoms with E-state index < -0.39 is 13.8 Å². The normalized spacial score (nSPS) is 12.3. The minimum Gasteiger partial charge on any atom is -0.460 e. The zero-order valence-electron chi connectivity index (χ0n) is 11.3. The third-order valence-electron chi connectivity index (χ3n) is 1.51. The van der Waals surface area contributed by atoms with E-state index in [4.69, 9.17) is 18.3 Å². The van der Waals surface area contributed by atoms with E-state index in [2.05, 4.69) is 0 Å². The molecule has 7 heteroatoms. The van der Waals surface area contributed by atoms with Crippen LogP contribution in [0.3, 0.4) is 0 Å². The summed E-state index contributed by atoms with van der Waals surface area (Å²) >= 11 is 0. The largest absolute Gasteiger partial charge is 0.475 e. The topological polar surface area (TPSA) is 71.1 Å². The van der Waals surface area contributed by atoms with Crippen molar-refractivity contribution in [2.45, 2.75) is 33.8 Å². The highest BCUT2D eigenvalue weighted by molar-refractivity contribution is 7.48. The molecule has 0 atom stereocenters. The van der Waals surface area contributed by atoms with Crippen molar-refractivity contribution >= 4 is 13.8 Å². The van der Waals surface area contributed by atoms with E-state index in [1.807, 2.05) is 0 Å². The summed E-state index contributed by atoms with van der Waals surface area (Å²) in [7, 11) is -3.51. The van der Waals surface area contributed by atoms with E-state index in [-0.39, 0.29) is 25.9 Å². The van der Waals surface area contributed by atoms with Crippen LogP contribution in [-0.2, 0) is 27.7 Å². The molecule has 18 heavy (non-hydrogen) atoms. The van der Waals surface area contributed by atoms with Crippen LogP contribution in [0.1, 0.15) is 27.7 Å². The Balaban J connectivity index is 4.10. The van der Waals surface area contributed by atoms with Crippen molar-refractivity contribution in [2.24, 2.45) is 0 Å². The fraction of sp³-hybridized carbons (Fsp3) is 0.727. The number of carbonyl (C=O) groups excluding carboxylic acids is 1. The summed E-state index contributed by atoms with van der Waals surface area (Å²) in [6.07, 6.45) is 2.43. The minimum atomic E-state index is -3.51. The second kappa shape index (κ2) is 9.28. The van der Waals surface area contributed by atoms with Gasteiger partial charge in [-0.3, -0.25) is 13.6 Å². The number of phosphoric acid groups is 1. The average molecular weight is 280 g/mol. The lowest BCUT2D eigenvalue weighted by Crippen LogP contribution is -2.08. The lowest BCUT2D eigenvalue weighted by molar-refractivity contribution is -0.141. The second-order valence-corrected chi connectivity index (χ2v) is 5.14. The van der Waals surface area contributed by atoms with Crippen LogP contribution in [0.2, 0.25) is 0 Å². The molecule has 0 saturated heterocycles. The maximum atomic E-state index is 11.8. The first kappa shape index (κ1) is 17.3. The monoisotopic (exact) mass is 280 g/mol. The van der Waals surface area contributed by atoms with Crippen LogP contribution >= 0.6 is 7.82 Å². The number of phosphoric ester groups is 1. The first-order chi connectivity index (χ1) is 8.43. The molecule has 0 radical (unpaired) electrons. The van der Waals surface area contributed by atoms with Gasteiger partial charge in [-0.05, 0) is 27.7 Å². The van der Waals surface area contributed by atoms with Gasteiger partial charge in [0, 0.05) is 6.08 Å². The van der Waals surface area contributed by atoms with Gasteiger partial charge in [0.1, 0.15) is 0 Å². The first-order valence-corrected chi connectivity index (χ1v) is 7.30. The summed E-state index contributed by atoms with van der Waals surface area (Å²) < 4.78 is 31.5. The summed E-state index contributed by atoms with van der Waals surface area (Å²) in [5.74, 6) is -0.476. The lowest BCUT2D eigenvalue weighted by atomic mass is 10.4. The fourth-order valence-corrected chi connectivity index (χ4v) is 2.10. The van der Waals surface area contributed by atoms with Crippen LogP contribution in [0.15, 0.2) is 12.2 Å². The number of hydrogen-bond acceptors (Lipinski definition) is 6. The molecule has 0 fully saturated rings. The molecule has 0 bridgehead atoms. The maximum absolute atomic E-state index is 11.8. The van der Waals surface area contributed by atoms with Gasteiger partial charge in [-0.15, -0.1) is 0 Å². The summed E-state index contributed by atoms with van der Waals surface area (Å²) in [6, 6.07) is 0. The highest BCUT2D eigenvalue weighted by Crippen LogP contribution is 2.48. The molecule has 0 amide bonds. The highest BCUT2D eigenvalue weighted by Gasteiger charge is 2.24. The van der Waals surface area contributed by atoms with Gasteiger partial charge in [-0.1, -0.05) is 6.08 Å². The Morgan fingerprint density at radius 1 is 1.17 bits per heavy atom. The van der Waals surface area contributed by atoms with E-state index in [1.54, 1.807) is 27.7 Å².